The molecule has 0 heteroatoms. The van der Waals surface area contributed by atoms with E-state index in [1.54, 1.807) is 0 Å². The monoisotopic (exact) mass is 452 g/mol. The second kappa shape index (κ2) is 15.5. The quantitative estimate of drug-likeness (QED) is 0.249. The Morgan fingerprint density at radius 2 is 1.12 bits per heavy atom. The molecule has 3 rings (SSSR count). The van der Waals surface area contributed by atoms with Gasteiger partial charge in [0.25, 0.3) is 0 Å². The van der Waals surface area contributed by atoms with Crippen LogP contribution in [0.5, 0.6) is 0 Å². The standard InChI is InChI=1S/C34H44/c1-3-5-7-9-11-29-13-17-31(18-14-29)21-23-33-25-27-34(28-26-33)24-22-32-19-15-30(16-20-32)12-10-8-6-4-2/h15-16,19-20,25-29,31H,3-9,11,13-14,17-18,21,23H2,1-2H3/t29-,31-. The second-order valence-corrected chi connectivity index (χ2v) is 10.2. The Morgan fingerprint density at radius 3 is 1.71 bits per heavy atom. The number of rotatable bonds is 10. The summed E-state index contributed by atoms with van der Waals surface area (Å²) in [5.74, 6) is 15.0. The van der Waals surface area contributed by atoms with Gasteiger partial charge in [0.15, 0.2) is 0 Å². The van der Waals surface area contributed by atoms with Gasteiger partial charge >= 0.3 is 0 Å². The fraction of sp³-hybridized carbons (Fsp3) is 0.529. The maximum Gasteiger partial charge on any atom is 0.0249 e. The van der Waals surface area contributed by atoms with E-state index in [-0.39, 0.29) is 0 Å². The molecule has 0 aromatic heterocycles. The van der Waals surface area contributed by atoms with Gasteiger partial charge in [0.1, 0.15) is 0 Å². The summed E-state index contributed by atoms with van der Waals surface area (Å²) in [6.45, 7) is 4.50. The van der Waals surface area contributed by atoms with Crippen LogP contribution in [0.2, 0.25) is 0 Å². The van der Waals surface area contributed by atoms with E-state index in [2.05, 4.69) is 86.1 Å². The summed E-state index contributed by atoms with van der Waals surface area (Å²) >= 11 is 0. The van der Waals surface area contributed by atoms with Gasteiger partial charge < -0.3 is 0 Å². The molecule has 0 heterocycles. The molecule has 0 amide bonds. The molecule has 0 radical (unpaired) electrons. The van der Waals surface area contributed by atoms with Crippen LogP contribution >= 0.6 is 0 Å². The SMILES string of the molecule is CCCCC#Cc1ccc(C#Cc2ccc(CC[C@H]3CC[C@H](CCCCCC)CC3)cc2)cc1. The first-order valence-electron chi connectivity index (χ1n) is 14.0. The van der Waals surface area contributed by atoms with Crippen molar-refractivity contribution in [2.75, 3.05) is 0 Å². The highest BCUT2D eigenvalue weighted by Gasteiger charge is 2.20. The Morgan fingerprint density at radius 1 is 0.588 bits per heavy atom. The summed E-state index contributed by atoms with van der Waals surface area (Å²) in [5.41, 5.74) is 4.67. The van der Waals surface area contributed by atoms with Crippen molar-refractivity contribution in [2.24, 2.45) is 11.8 Å². The molecule has 0 unspecified atom stereocenters. The van der Waals surface area contributed by atoms with Crippen LogP contribution in [-0.4, -0.2) is 0 Å². The lowest BCUT2D eigenvalue weighted by Crippen LogP contribution is -2.15. The first kappa shape index (κ1) is 26.2. The predicted molar refractivity (Wildman–Crippen MR) is 148 cm³/mol. The normalized spacial score (nSPS) is 17.4. The van der Waals surface area contributed by atoms with E-state index >= 15 is 0 Å². The van der Waals surface area contributed by atoms with E-state index in [4.69, 9.17) is 0 Å². The van der Waals surface area contributed by atoms with Gasteiger partial charge in [-0.05, 0) is 73.1 Å². The van der Waals surface area contributed by atoms with E-state index in [9.17, 15) is 0 Å². The van der Waals surface area contributed by atoms with E-state index in [0.717, 1.165) is 34.9 Å². The van der Waals surface area contributed by atoms with Crippen molar-refractivity contribution >= 4 is 0 Å². The molecule has 2 aromatic carbocycles. The summed E-state index contributed by atoms with van der Waals surface area (Å²) in [6.07, 6.45) is 18.9. The molecule has 34 heavy (non-hydrogen) atoms. The van der Waals surface area contributed by atoms with Crippen LogP contribution in [0.15, 0.2) is 48.5 Å². The topological polar surface area (TPSA) is 0 Å². The Labute approximate surface area is 210 Å². The third-order valence-corrected chi connectivity index (χ3v) is 7.35. The van der Waals surface area contributed by atoms with Gasteiger partial charge in [-0.15, -0.1) is 0 Å². The van der Waals surface area contributed by atoms with Crippen molar-refractivity contribution in [1.29, 1.82) is 0 Å². The molecule has 0 bridgehead atoms. The molecule has 0 atom stereocenters. The number of hydrogen-bond donors (Lipinski definition) is 0. The highest BCUT2D eigenvalue weighted by molar-refractivity contribution is 5.46. The Hall–Kier alpha value is -2.44. The van der Waals surface area contributed by atoms with Crippen LogP contribution in [0, 0.1) is 35.5 Å². The summed E-state index contributed by atoms with van der Waals surface area (Å²) in [4.78, 5) is 0. The Balaban J connectivity index is 1.39. The summed E-state index contributed by atoms with van der Waals surface area (Å²) in [7, 11) is 0. The maximum atomic E-state index is 3.32. The van der Waals surface area contributed by atoms with E-state index in [1.165, 1.54) is 89.0 Å². The zero-order valence-corrected chi connectivity index (χ0v) is 21.7. The lowest BCUT2D eigenvalue weighted by molar-refractivity contribution is 0.249. The predicted octanol–water partition coefficient (Wildman–Crippen LogP) is 9.34. The smallest absolute Gasteiger partial charge is 0.0249 e. The van der Waals surface area contributed by atoms with Crippen molar-refractivity contribution in [3.05, 3.63) is 70.8 Å². The molecular weight excluding hydrogens is 408 g/mol. The molecule has 0 aliphatic heterocycles. The summed E-state index contributed by atoms with van der Waals surface area (Å²) in [6, 6.07) is 17.2. The number of aryl methyl sites for hydroxylation is 1. The van der Waals surface area contributed by atoms with Crippen LogP contribution in [0.3, 0.4) is 0 Å². The molecule has 180 valence electrons. The van der Waals surface area contributed by atoms with Crippen LogP contribution < -0.4 is 0 Å². The van der Waals surface area contributed by atoms with Gasteiger partial charge in [-0.2, -0.15) is 0 Å². The summed E-state index contributed by atoms with van der Waals surface area (Å²) < 4.78 is 0. The van der Waals surface area contributed by atoms with Crippen LogP contribution in [0.25, 0.3) is 0 Å². The number of hydrogen-bond acceptors (Lipinski definition) is 0. The largest absolute Gasteiger partial charge is 0.0979 e. The van der Waals surface area contributed by atoms with Crippen LogP contribution in [-0.2, 0) is 6.42 Å². The molecule has 1 aliphatic rings. The van der Waals surface area contributed by atoms with Crippen molar-refractivity contribution in [2.45, 2.75) is 104 Å². The van der Waals surface area contributed by atoms with Gasteiger partial charge in [0, 0.05) is 23.1 Å². The van der Waals surface area contributed by atoms with Gasteiger partial charge in [-0.3, -0.25) is 0 Å². The molecular formula is C34H44. The zero-order chi connectivity index (χ0) is 23.8. The Bertz CT molecular complexity index is 932. The first-order valence-corrected chi connectivity index (χ1v) is 14.0. The van der Waals surface area contributed by atoms with Gasteiger partial charge in [0.05, 0.1) is 0 Å². The third-order valence-electron chi connectivity index (χ3n) is 7.35. The first-order chi connectivity index (χ1) is 16.8. The minimum Gasteiger partial charge on any atom is -0.0979 e. The molecule has 1 aliphatic carbocycles. The van der Waals surface area contributed by atoms with Gasteiger partial charge in [0.2, 0.25) is 0 Å². The zero-order valence-electron chi connectivity index (χ0n) is 21.7. The van der Waals surface area contributed by atoms with E-state index in [1.807, 2.05) is 0 Å². The fourth-order valence-electron chi connectivity index (χ4n) is 5.01. The lowest BCUT2D eigenvalue weighted by atomic mass is 9.77. The third kappa shape index (κ3) is 9.82. The number of benzene rings is 2. The van der Waals surface area contributed by atoms with Gasteiger partial charge in [-0.25, -0.2) is 0 Å². The highest BCUT2D eigenvalue weighted by Crippen LogP contribution is 2.34. The van der Waals surface area contributed by atoms with E-state index in [0.29, 0.717) is 0 Å². The molecule has 0 saturated heterocycles. The van der Waals surface area contributed by atoms with Crippen molar-refractivity contribution in [1.82, 2.24) is 0 Å². The number of unbranched alkanes of at least 4 members (excludes halogenated alkanes) is 5. The van der Waals surface area contributed by atoms with Crippen molar-refractivity contribution < 1.29 is 0 Å². The van der Waals surface area contributed by atoms with E-state index < -0.39 is 0 Å². The van der Waals surface area contributed by atoms with Crippen molar-refractivity contribution in [3.63, 3.8) is 0 Å². The average molecular weight is 453 g/mol. The molecule has 0 N–H and O–H groups in total. The highest BCUT2D eigenvalue weighted by atomic mass is 14.3. The molecule has 1 fully saturated rings. The van der Waals surface area contributed by atoms with Crippen LogP contribution in [0.4, 0.5) is 0 Å². The molecule has 0 spiro atoms. The average Bonchev–Trinajstić information content (AvgIpc) is 2.89. The van der Waals surface area contributed by atoms with Crippen molar-refractivity contribution in [3.8, 4) is 23.7 Å². The molecule has 2 aromatic rings. The Kier molecular flexibility index (Phi) is 11.9. The molecule has 0 nitrogen and oxygen atoms in total. The van der Waals surface area contributed by atoms with Gasteiger partial charge in [-0.1, -0.05) is 114 Å². The second-order valence-electron chi connectivity index (χ2n) is 10.2. The fourth-order valence-corrected chi connectivity index (χ4v) is 5.01. The van der Waals surface area contributed by atoms with Crippen LogP contribution in [0.1, 0.15) is 120 Å². The molecule has 1 saturated carbocycles. The minimum absolute atomic E-state index is 0.936. The maximum absolute atomic E-state index is 3.32. The lowest BCUT2D eigenvalue weighted by Gasteiger charge is -2.28. The minimum atomic E-state index is 0.936. The summed E-state index contributed by atoms with van der Waals surface area (Å²) in [5, 5.41) is 0.